The molecule has 0 aliphatic carbocycles. The molecule has 1 amide bonds. The predicted molar refractivity (Wildman–Crippen MR) is 64.8 cm³/mol. The Labute approximate surface area is 93.5 Å². The average Bonchev–Trinajstić information content (AvgIpc) is 2.01. The molecule has 0 radical (unpaired) electrons. The second kappa shape index (κ2) is 6.62. The lowest BCUT2D eigenvalue weighted by Gasteiger charge is -2.28. The number of carbonyl (C=O) groups is 1. The van der Waals surface area contributed by atoms with Gasteiger partial charge in [0.05, 0.1) is 0 Å². The molecule has 0 aromatic carbocycles. The van der Waals surface area contributed by atoms with Crippen LogP contribution in [0.4, 0.5) is 0 Å². The molecule has 0 rings (SSSR count). The maximum absolute atomic E-state index is 11.1. The van der Waals surface area contributed by atoms with E-state index in [2.05, 4.69) is 38.2 Å². The number of amides is 1. The molecule has 0 fully saturated rings. The smallest absolute Gasteiger partial charge is 0.243 e. The number of nitrogens with one attached hydrogen (secondary N) is 1. The first-order valence-electron chi connectivity index (χ1n) is 5.42. The Balaban J connectivity index is 3.79. The van der Waals surface area contributed by atoms with Crippen LogP contribution in [0.3, 0.4) is 0 Å². The minimum atomic E-state index is -0.00171. The summed E-state index contributed by atoms with van der Waals surface area (Å²) >= 11 is 0. The monoisotopic (exact) mass is 212 g/mol. The molecule has 0 bridgehead atoms. The Hall–Kier alpha value is -0.830. The molecule has 3 nitrogen and oxygen atoms in total. The number of hydrogen-bond acceptors (Lipinski definition) is 2. The van der Waals surface area contributed by atoms with Crippen LogP contribution in [-0.4, -0.2) is 38.0 Å². The summed E-state index contributed by atoms with van der Waals surface area (Å²) in [6.45, 7) is 8.05. The van der Waals surface area contributed by atoms with Crippen molar-refractivity contribution >= 4 is 5.91 Å². The van der Waals surface area contributed by atoms with E-state index in [0.29, 0.717) is 0 Å². The van der Waals surface area contributed by atoms with Crippen molar-refractivity contribution in [1.29, 1.82) is 0 Å². The van der Waals surface area contributed by atoms with Crippen molar-refractivity contribution in [2.24, 2.45) is 5.41 Å². The van der Waals surface area contributed by atoms with E-state index < -0.39 is 0 Å². The van der Waals surface area contributed by atoms with E-state index in [0.717, 1.165) is 19.5 Å². The van der Waals surface area contributed by atoms with Crippen molar-refractivity contribution in [2.45, 2.75) is 27.2 Å². The standard InChI is InChI=1S/C12H24N2O/c1-6-7-11(15)13-9-8-12(2,3)10-14(4)5/h6-7H,8-10H2,1-5H3,(H,13,15)/b7-6+. The fourth-order valence-corrected chi connectivity index (χ4v) is 1.67. The van der Waals surface area contributed by atoms with Crippen molar-refractivity contribution in [3.05, 3.63) is 12.2 Å². The van der Waals surface area contributed by atoms with E-state index in [4.69, 9.17) is 0 Å². The summed E-state index contributed by atoms with van der Waals surface area (Å²) in [5, 5.41) is 2.87. The quantitative estimate of drug-likeness (QED) is 0.679. The van der Waals surface area contributed by atoms with Gasteiger partial charge in [-0.05, 0) is 38.9 Å². The molecular formula is C12H24N2O. The van der Waals surface area contributed by atoms with E-state index in [1.54, 1.807) is 12.2 Å². The summed E-state index contributed by atoms with van der Waals surface area (Å²) in [6.07, 6.45) is 4.30. The molecule has 88 valence electrons. The fourth-order valence-electron chi connectivity index (χ4n) is 1.67. The van der Waals surface area contributed by atoms with Crippen LogP contribution in [0.25, 0.3) is 0 Å². The molecule has 0 spiro atoms. The maximum atomic E-state index is 11.1. The van der Waals surface area contributed by atoms with Crippen molar-refractivity contribution in [2.75, 3.05) is 27.2 Å². The molecule has 0 saturated carbocycles. The van der Waals surface area contributed by atoms with Gasteiger partial charge in [-0.3, -0.25) is 4.79 Å². The Morgan fingerprint density at radius 3 is 2.47 bits per heavy atom. The third-order valence-corrected chi connectivity index (χ3v) is 2.16. The van der Waals surface area contributed by atoms with Gasteiger partial charge < -0.3 is 10.2 Å². The predicted octanol–water partition coefficient (Wildman–Crippen LogP) is 1.66. The summed E-state index contributed by atoms with van der Waals surface area (Å²) in [4.78, 5) is 13.3. The van der Waals surface area contributed by atoms with Crippen molar-refractivity contribution in [1.82, 2.24) is 10.2 Å². The molecule has 0 heterocycles. The lowest BCUT2D eigenvalue weighted by molar-refractivity contribution is -0.116. The van der Waals surface area contributed by atoms with Crippen LogP contribution in [0.2, 0.25) is 0 Å². The van der Waals surface area contributed by atoms with E-state index in [1.165, 1.54) is 0 Å². The molecule has 1 N–H and O–H groups in total. The second-order valence-electron chi connectivity index (χ2n) is 4.94. The van der Waals surface area contributed by atoms with Gasteiger partial charge in [0.25, 0.3) is 0 Å². The van der Waals surface area contributed by atoms with Gasteiger partial charge in [-0.25, -0.2) is 0 Å². The zero-order chi connectivity index (χ0) is 11.9. The molecule has 3 heteroatoms. The molecule has 0 aromatic heterocycles. The normalized spacial score (nSPS) is 12.4. The van der Waals surface area contributed by atoms with Crippen molar-refractivity contribution in [3.8, 4) is 0 Å². The van der Waals surface area contributed by atoms with Crippen LogP contribution < -0.4 is 5.32 Å². The largest absolute Gasteiger partial charge is 0.353 e. The molecule has 0 aliphatic rings. The van der Waals surface area contributed by atoms with Gasteiger partial charge in [0.2, 0.25) is 5.91 Å². The summed E-state index contributed by atoms with van der Waals surface area (Å²) < 4.78 is 0. The SMILES string of the molecule is C/C=C/C(=O)NCCC(C)(C)CN(C)C. The average molecular weight is 212 g/mol. The summed E-state index contributed by atoms with van der Waals surface area (Å²) in [5.41, 5.74) is 0.243. The molecule has 0 unspecified atom stereocenters. The van der Waals surface area contributed by atoms with E-state index in [-0.39, 0.29) is 11.3 Å². The Kier molecular flexibility index (Phi) is 6.25. The Morgan fingerprint density at radius 2 is 2.00 bits per heavy atom. The number of hydrogen-bond donors (Lipinski definition) is 1. The van der Waals surface area contributed by atoms with Gasteiger partial charge in [0.1, 0.15) is 0 Å². The fraction of sp³-hybridized carbons (Fsp3) is 0.750. The van der Waals surface area contributed by atoms with E-state index >= 15 is 0 Å². The van der Waals surface area contributed by atoms with E-state index in [1.807, 2.05) is 6.92 Å². The maximum Gasteiger partial charge on any atom is 0.243 e. The van der Waals surface area contributed by atoms with E-state index in [9.17, 15) is 4.79 Å². The summed E-state index contributed by atoms with van der Waals surface area (Å²) in [6, 6.07) is 0. The third-order valence-electron chi connectivity index (χ3n) is 2.16. The second-order valence-corrected chi connectivity index (χ2v) is 4.94. The molecule has 0 saturated heterocycles. The first-order valence-corrected chi connectivity index (χ1v) is 5.42. The molecule has 0 aliphatic heterocycles. The third kappa shape index (κ3) is 8.18. The van der Waals surface area contributed by atoms with Gasteiger partial charge in [0, 0.05) is 13.1 Å². The topological polar surface area (TPSA) is 32.3 Å². The highest BCUT2D eigenvalue weighted by atomic mass is 16.1. The van der Waals surface area contributed by atoms with Gasteiger partial charge in [-0.1, -0.05) is 19.9 Å². The summed E-state index contributed by atoms with van der Waals surface area (Å²) in [5.74, 6) is -0.00171. The number of nitrogens with zero attached hydrogens (tertiary/aromatic N) is 1. The van der Waals surface area contributed by atoms with Crippen LogP contribution in [0, 0.1) is 5.41 Å². The van der Waals surface area contributed by atoms with Crippen molar-refractivity contribution in [3.63, 3.8) is 0 Å². The van der Waals surface area contributed by atoms with Gasteiger partial charge in [-0.15, -0.1) is 0 Å². The molecular weight excluding hydrogens is 188 g/mol. The Morgan fingerprint density at radius 1 is 1.40 bits per heavy atom. The van der Waals surface area contributed by atoms with Crippen LogP contribution >= 0.6 is 0 Å². The Bertz CT molecular complexity index is 220. The number of allylic oxidation sites excluding steroid dienone is 1. The molecule has 0 aromatic rings. The van der Waals surface area contributed by atoms with Crippen molar-refractivity contribution < 1.29 is 4.79 Å². The van der Waals surface area contributed by atoms with Crippen LogP contribution in [0.15, 0.2) is 12.2 Å². The lowest BCUT2D eigenvalue weighted by Crippen LogP contribution is -2.33. The van der Waals surface area contributed by atoms with Gasteiger partial charge in [0.15, 0.2) is 0 Å². The minimum Gasteiger partial charge on any atom is -0.353 e. The first-order chi connectivity index (χ1) is 6.87. The van der Waals surface area contributed by atoms with Crippen LogP contribution in [0.1, 0.15) is 27.2 Å². The minimum absolute atomic E-state index is 0.00171. The van der Waals surface area contributed by atoms with Gasteiger partial charge >= 0.3 is 0 Å². The molecule has 0 atom stereocenters. The van der Waals surface area contributed by atoms with Crippen LogP contribution in [0.5, 0.6) is 0 Å². The first kappa shape index (κ1) is 14.2. The van der Waals surface area contributed by atoms with Gasteiger partial charge in [-0.2, -0.15) is 0 Å². The number of carbonyl (C=O) groups excluding carboxylic acids is 1. The highest BCUT2D eigenvalue weighted by molar-refractivity contribution is 5.87. The summed E-state index contributed by atoms with van der Waals surface area (Å²) in [7, 11) is 4.14. The zero-order valence-electron chi connectivity index (χ0n) is 10.6. The highest BCUT2D eigenvalue weighted by Crippen LogP contribution is 2.19. The zero-order valence-corrected chi connectivity index (χ0v) is 10.6. The van der Waals surface area contributed by atoms with Crippen LogP contribution in [-0.2, 0) is 4.79 Å². The lowest BCUT2D eigenvalue weighted by atomic mass is 9.89. The highest BCUT2D eigenvalue weighted by Gasteiger charge is 2.18. The number of rotatable bonds is 6. The molecule has 15 heavy (non-hydrogen) atoms.